The van der Waals surface area contributed by atoms with E-state index in [1.165, 1.54) is 19.5 Å². The first-order valence-corrected chi connectivity index (χ1v) is 8.83. The number of nitrogens with one attached hydrogen (secondary N) is 1. The summed E-state index contributed by atoms with van der Waals surface area (Å²) < 4.78 is 5.80. The molecule has 132 valence electrons. The summed E-state index contributed by atoms with van der Waals surface area (Å²) in [5.41, 5.74) is 1.67. The minimum Gasteiger partial charge on any atom is -0.492 e. The van der Waals surface area contributed by atoms with Crippen molar-refractivity contribution in [3.63, 3.8) is 0 Å². The van der Waals surface area contributed by atoms with Gasteiger partial charge in [-0.3, -0.25) is 14.7 Å². The van der Waals surface area contributed by atoms with Crippen molar-refractivity contribution in [3.05, 3.63) is 54.4 Å². The van der Waals surface area contributed by atoms with Crippen molar-refractivity contribution in [3.8, 4) is 5.75 Å². The van der Waals surface area contributed by atoms with Crippen LogP contribution in [0, 0.1) is 5.92 Å². The van der Waals surface area contributed by atoms with E-state index >= 15 is 0 Å². The van der Waals surface area contributed by atoms with Crippen molar-refractivity contribution >= 4 is 11.6 Å². The lowest BCUT2D eigenvalue weighted by molar-refractivity contribution is -0.115. The van der Waals surface area contributed by atoms with E-state index in [4.69, 9.17) is 4.74 Å². The zero-order valence-electron chi connectivity index (χ0n) is 14.6. The minimum atomic E-state index is -0.0511. The maximum atomic E-state index is 12.0. The second-order valence-corrected chi connectivity index (χ2v) is 6.65. The molecule has 0 aliphatic carbocycles. The van der Waals surface area contributed by atoms with Crippen LogP contribution in [0.5, 0.6) is 5.75 Å². The lowest BCUT2D eigenvalue weighted by Gasteiger charge is -2.15. The van der Waals surface area contributed by atoms with Gasteiger partial charge in [0.2, 0.25) is 5.91 Å². The van der Waals surface area contributed by atoms with Crippen LogP contribution in [0.4, 0.5) is 5.69 Å². The molecule has 1 saturated heterocycles. The number of rotatable bonds is 7. The fourth-order valence-corrected chi connectivity index (χ4v) is 3.05. The smallest absolute Gasteiger partial charge is 0.228 e. The largest absolute Gasteiger partial charge is 0.492 e. The first-order chi connectivity index (χ1) is 12.2. The van der Waals surface area contributed by atoms with Crippen molar-refractivity contribution in [1.82, 2.24) is 9.88 Å². The zero-order chi connectivity index (χ0) is 17.5. The average Bonchev–Trinajstić information content (AvgIpc) is 3.02. The highest BCUT2D eigenvalue weighted by Gasteiger charge is 2.17. The highest BCUT2D eigenvalue weighted by atomic mass is 16.5. The fourth-order valence-electron chi connectivity index (χ4n) is 3.05. The number of nitrogens with zero attached hydrogens (tertiary/aromatic N) is 2. The fraction of sp³-hybridized carbons (Fsp3) is 0.400. The molecule has 1 aromatic carbocycles. The molecule has 1 N–H and O–H groups in total. The van der Waals surface area contributed by atoms with Crippen LogP contribution in [0.3, 0.4) is 0 Å². The van der Waals surface area contributed by atoms with Gasteiger partial charge in [-0.2, -0.15) is 0 Å². The molecular formula is C20H25N3O2. The van der Waals surface area contributed by atoms with Crippen molar-refractivity contribution in [2.75, 3.05) is 31.6 Å². The van der Waals surface area contributed by atoms with Gasteiger partial charge in [-0.05, 0) is 54.8 Å². The molecule has 25 heavy (non-hydrogen) atoms. The molecule has 0 spiro atoms. The Balaban J connectivity index is 1.41. The molecule has 2 aromatic rings. The minimum absolute atomic E-state index is 0.0511. The van der Waals surface area contributed by atoms with E-state index < -0.39 is 0 Å². The predicted molar refractivity (Wildman–Crippen MR) is 98.7 cm³/mol. The van der Waals surface area contributed by atoms with Crippen LogP contribution in [-0.4, -0.2) is 42.0 Å². The van der Waals surface area contributed by atoms with E-state index in [1.807, 2.05) is 36.4 Å². The summed E-state index contributed by atoms with van der Waals surface area (Å²) in [4.78, 5) is 18.5. The van der Waals surface area contributed by atoms with Crippen LogP contribution in [0.1, 0.15) is 18.9 Å². The van der Waals surface area contributed by atoms with Crippen LogP contribution in [-0.2, 0) is 11.2 Å². The molecule has 3 rings (SSSR count). The monoisotopic (exact) mass is 339 g/mol. The van der Waals surface area contributed by atoms with E-state index in [0.717, 1.165) is 29.5 Å². The van der Waals surface area contributed by atoms with Gasteiger partial charge >= 0.3 is 0 Å². The van der Waals surface area contributed by atoms with Crippen molar-refractivity contribution < 1.29 is 9.53 Å². The van der Waals surface area contributed by atoms with Gasteiger partial charge in [0.05, 0.1) is 6.42 Å². The summed E-state index contributed by atoms with van der Waals surface area (Å²) >= 11 is 0. The molecule has 1 aromatic heterocycles. The second-order valence-electron chi connectivity index (χ2n) is 6.65. The summed E-state index contributed by atoms with van der Waals surface area (Å²) in [6.07, 6.45) is 5.01. The Labute approximate surface area is 149 Å². The Hall–Kier alpha value is -2.40. The molecule has 0 unspecified atom stereocenters. The quantitative estimate of drug-likeness (QED) is 0.842. The lowest BCUT2D eigenvalue weighted by Crippen LogP contribution is -2.25. The third-order valence-electron chi connectivity index (χ3n) is 4.41. The van der Waals surface area contributed by atoms with Crippen molar-refractivity contribution in [1.29, 1.82) is 0 Å². The summed E-state index contributed by atoms with van der Waals surface area (Å²) in [5, 5.41) is 2.89. The van der Waals surface area contributed by atoms with Crippen LogP contribution >= 0.6 is 0 Å². The number of hydrogen-bond donors (Lipinski definition) is 1. The number of amides is 1. The molecule has 0 radical (unpaired) electrons. The Bertz CT molecular complexity index is 673. The third-order valence-corrected chi connectivity index (χ3v) is 4.41. The Morgan fingerprint density at radius 3 is 2.84 bits per heavy atom. The summed E-state index contributed by atoms with van der Waals surface area (Å²) in [6.45, 7) is 6.30. The van der Waals surface area contributed by atoms with E-state index in [-0.39, 0.29) is 5.91 Å². The van der Waals surface area contributed by atoms with Crippen LogP contribution in [0.25, 0.3) is 0 Å². The molecule has 1 fully saturated rings. The molecule has 5 nitrogen and oxygen atoms in total. The summed E-state index contributed by atoms with van der Waals surface area (Å²) in [5.74, 6) is 1.58. The van der Waals surface area contributed by atoms with Gasteiger partial charge in [0, 0.05) is 31.2 Å². The van der Waals surface area contributed by atoms with E-state index in [1.54, 1.807) is 12.4 Å². The Morgan fingerprint density at radius 2 is 2.16 bits per heavy atom. The van der Waals surface area contributed by atoms with Crippen LogP contribution < -0.4 is 10.1 Å². The Morgan fingerprint density at radius 1 is 1.32 bits per heavy atom. The number of anilines is 1. The maximum absolute atomic E-state index is 12.0. The van der Waals surface area contributed by atoms with Gasteiger partial charge in [-0.25, -0.2) is 0 Å². The molecule has 5 heteroatoms. The molecular weight excluding hydrogens is 314 g/mol. The molecule has 1 aliphatic heterocycles. The molecule has 2 heterocycles. The number of carbonyl (C=O) groups excluding carboxylic acids is 1. The van der Waals surface area contributed by atoms with Gasteiger partial charge in [0.25, 0.3) is 0 Å². The summed E-state index contributed by atoms with van der Waals surface area (Å²) in [7, 11) is 0. The lowest BCUT2D eigenvalue weighted by atomic mass is 10.2. The maximum Gasteiger partial charge on any atom is 0.228 e. The van der Waals surface area contributed by atoms with Gasteiger partial charge < -0.3 is 10.1 Å². The van der Waals surface area contributed by atoms with Gasteiger partial charge in [0.1, 0.15) is 12.4 Å². The van der Waals surface area contributed by atoms with Gasteiger partial charge in [-0.1, -0.05) is 13.0 Å². The highest BCUT2D eigenvalue weighted by molar-refractivity contribution is 5.92. The first-order valence-electron chi connectivity index (χ1n) is 8.83. The molecule has 0 saturated carbocycles. The van der Waals surface area contributed by atoms with E-state index in [0.29, 0.717) is 13.0 Å². The number of hydrogen-bond acceptors (Lipinski definition) is 4. The number of benzene rings is 1. The van der Waals surface area contributed by atoms with Crippen molar-refractivity contribution in [2.24, 2.45) is 5.92 Å². The van der Waals surface area contributed by atoms with Crippen LogP contribution in [0.15, 0.2) is 48.8 Å². The average molecular weight is 339 g/mol. The number of pyridine rings is 1. The Kier molecular flexibility index (Phi) is 6.01. The zero-order valence-corrected chi connectivity index (χ0v) is 14.6. The van der Waals surface area contributed by atoms with Crippen molar-refractivity contribution in [2.45, 2.75) is 19.8 Å². The SMILES string of the molecule is C[C@@H]1CCN(CCOc2ccc(NC(=O)Cc3cccnc3)cc2)C1. The topological polar surface area (TPSA) is 54.5 Å². The van der Waals surface area contributed by atoms with Crippen LogP contribution in [0.2, 0.25) is 0 Å². The normalized spacial score (nSPS) is 17.4. The molecule has 1 aliphatic rings. The van der Waals surface area contributed by atoms with Gasteiger partial charge in [0.15, 0.2) is 0 Å². The predicted octanol–water partition coefficient (Wildman–Crippen LogP) is 2.98. The molecule has 1 atom stereocenters. The van der Waals surface area contributed by atoms with Gasteiger partial charge in [-0.15, -0.1) is 0 Å². The molecule has 0 bridgehead atoms. The number of carbonyl (C=O) groups is 1. The second kappa shape index (κ2) is 8.62. The standard InChI is InChI=1S/C20H25N3O2/c1-16-8-10-23(15-16)11-12-25-19-6-4-18(5-7-19)22-20(24)13-17-3-2-9-21-14-17/h2-7,9,14,16H,8,10-13,15H2,1H3,(H,22,24)/t16-/m1/s1. The first kappa shape index (κ1) is 17.4. The molecule has 1 amide bonds. The van der Waals surface area contributed by atoms with E-state index in [2.05, 4.69) is 22.1 Å². The summed E-state index contributed by atoms with van der Waals surface area (Å²) in [6, 6.07) is 11.3. The number of likely N-dealkylation sites (tertiary alicyclic amines) is 1. The number of ether oxygens (including phenoxy) is 1. The van der Waals surface area contributed by atoms with E-state index in [9.17, 15) is 4.79 Å². The highest BCUT2D eigenvalue weighted by Crippen LogP contribution is 2.17. The third kappa shape index (κ3) is 5.57. The number of aromatic nitrogens is 1.